The van der Waals surface area contributed by atoms with Crippen molar-refractivity contribution in [2.75, 3.05) is 12.4 Å². The van der Waals surface area contributed by atoms with Gasteiger partial charge in [-0.15, -0.1) is 0 Å². The van der Waals surface area contributed by atoms with E-state index in [1.54, 1.807) is 30.3 Å². The van der Waals surface area contributed by atoms with Crippen molar-refractivity contribution in [1.82, 2.24) is 0 Å². The highest BCUT2D eigenvalue weighted by atomic mass is 79.9. The van der Waals surface area contributed by atoms with Crippen molar-refractivity contribution < 1.29 is 23.6 Å². The lowest BCUT2D eigenvalue weighted by Crippen LogP contribution is -2.14. The fourth-order valence-corrected chi connectivity index (χ4v) is 3.67. The maximum Gasteiger partial charge on any atom is 0.271 e. The number of benzene rings is 3. The molecule has 3 aromatic carbocycles. The van der Waals surface area contributed by atoms with Crippen molar-refractivity contribution in [2.24, 2.45) is 0 Å². The first-order chi connectivity index (χ1) is 16.7. The Morgan fingerprint density at radius 2 is 1.97 bits per heavy atom. The van der Waals surface area contributed by atoms with Crippen LogP contribution in [0.5, 0.6) is 11.5 Å². The van der Waals surface area contributed by atoms with E-state index in [9.17, 15) is 24.6 Å². The van der Waals surface area contributed by atoms with Crippen LogP contribution >= 0.6 is 27.5 Å². The van der Waals surface area contributed by atoms with Crippen LogP contribution in [-0.4, -0.2) is 17.9 Å². The molecule has 0 aromatic heterocycles. The highest BCUT2D eigenvalue weighted by molar-refractivity contribution is 9.10. The van der Waals surface area contributed by atoms with Gasteiger partial charge in [-0.2, -0.15) is 5.26 Å². The van der Waals surface area contributed by atoms with E-state index < -0.39 is 10.8 Å². The van der Waals surface area contributed by atoms with Crippen molar-refractivity contribution >= 4 is 50.9 Å². The number of non-ortho nitro benzene ring substituents is 1. The van der Waals surface area contributed by atoms with E-state index in [4.69, 9.17) is 21.1 Å². The molecule has 0 unspecified atom stereocenters. The number of nitro benzene ring substituents is 1. The summed E-state index contributed by atoms with van der Waals surface area (Å²) in [4.78, 5) is 23.0. The summed E-state index contributed by atoms with van der Waals surface area (Å²) < 4.78 is 24.8. The van der Waals surface area contributed by atoms with Crippen LogP contribution in [0, 0.1) is 27.3 Å². The largest absolute Gasteiger partial charge is 0.493 e. The molecule has 0 radical (unpaired) electrons. The normalized spacial score (nSPS) is 10.9. The number of hydrogen-bond acceptors (Lipinski definition) is 6. The number of ether oxygens (including phenoxy) is 2. The molecule has 8 nitrogen and oxygen atoms in total. The third-order valence-electron chi connectivity index (χ3n) is 4.63. The number of nitriles is 1. The minimum absolute atomic E-state index is 0.00433. The molecular formula is C24H16BrClFN3O5. The number of carbonyl (C=O) groups excluding carboxylic acids is 1. The standard InChI is InChI=1S/C24H16BrClFN3O5/c1-34-22-10-15(9-19(25)23(22)35-13-14-2-4-17(27)5-3-14)8-16(12-28)24(31)29-21-11-18(30(32)33)6-7-20(21)26/h2-11H,13H2,1H3,(H,29,31)/b16-8+. The molecule has 0 saturated heterocycles. The second-order valence-electron chi connectivity index (χ2n) is 6.99. The Kier molecular flexibility index (Phi) is 8.41. The maximum absolute atomic E-state index is 13.1. The molecule has 0 bridgehead atoms. The van der Waals surface area contributed by atoms with Crippen LogP contribution in [0.2, 0.25) is 5.02 Å². The van der Waals surface area contributed by atoms with E-state index in [0.29, 0.717) is 21.5 Å². The van der Waals surface area contributed by atoms with Gasteiger partial charge in [0.1, 0.15) is 24.1 Å². The summed E-state index contributed by atoms with van der Waals surface area (Å²) in [7, 11) is 1.43. The first-order valence-corrected chi connectivity index (χ1v) is 11.0. The van der Waals surface area contributed by atoms with Crippen LogP contribution in [0.3, 0.4) is 0 Å². The molecule has 0 aliphatic carbocycles. The van der Waals surface area contributed by atoms with Crippen LogP contribution in [0.15, 0.2) is 64.6 Å². The number of methoxy groups -OCH3 is 1. The number of nitrogens with zero attached hydrogens (tertiary/aromatic N) is 2. The van der Waals surface area contributed by atoms with Gasteiger partial charge in [0, 0.05) is 12.1 Å². The van der Waals surface area contributed by atoms with Crippen LogP contribution in [-0.2, 0) is 11.4 Å². The number of amides is 1. The number of carbonyl (C=O) groups is 1. The third-order valence-corrected chi connectivity index (χ3v) is 5.55. The molecule has 3 aromatic rings. The zero-order valence-corrected chi connectivity index (χ0v) is 20.4. The lowest BCUT2D eigenvalue weighted by atomic mass is 10.1. The van der Waals surface area contributed by atoms with Gasteiger partial charge in [-0.3, -0.25) is 14.9 Å². The Bertz CT molecular complexity index is 1360. The number of anilines is 1. The van der Waals surface area contributed by atoms with Gasteiger partial charge in [0.15, 0.2) is 11.5 Å². The van der Waals surface area contributed by atoms with Crippen LogP contribution in [0.25, 0.3) is 6.08 Å². The van der Waals surface area contributed by atoms with E-state index in [1.165, 1.54) is 37.5 Å². The molecule has 3 rings (SSSR count). The van der Waals surface area contributed by atoms with Crippen molar-refractivity contribution in [1.29, 1.82) is 5.26 Å². The molecular weight excluding hydrogens is 545 g/mol. The summed E-state index contributed by atoms with van der Waals surface area (Å²) in [5.41, 5.74) is 0.640. The molecule has 0 atom stereocenters. The topological polar surface area (TPSA) is 114 Å². The van der Waals surface area contributed by atoms with E-state index in [0.717, 1.165) is 11.6 Å². The van der Waals surface area contributed by atoms with Gasteiger partial charge >= 0.3 is 0 Å². The zero-order chi connectivity index (χ0) is 25.5. The Morgan fingerprint density at radius 3 is 2.60 bits per heavy atom. The summed E-state index contributed by atoms with van der Waals surface area (Å²) in [5.74, 6) is -0.456. The predicted octanol–water partition coefficient (Wildman–Crippen LogP) is 6.28. The molecule has 1 amide bonds. The van der Waals surface area contributed by atoms with Gasteiger partial charge in [-0.05, 0) is 63.5 Å². The van der Waals surface area contributed by atoms with Crippen LogP contribution < -0.4 is 14.8 Å². The molecule has 1 N–H and O–H groups in total. The molecule has 0 saturated carbocycles. The highest BCUT2D eigenvalue weighted by Crippen LogP contribution is 2.38. The van der Waals surface area contributed by atoms with Crippen molar-refractivity contribution in [3.8, 4) is 17.6 Å². The van der Waals surface area contributed by atoms with Gasteiger partial charge in [-0.1, -0.05) is 23.7 Å². The molecule has 0 fully saturated rings. The first kappa shape index (κ1) is 25.7. The number of hydrogen-bond donors (Lipinski definition) is 1. The average Bonchev–Trinajstić information content (AvgIpc) is 2.83. The van der Waals surface area contributed by atoms with Gasteiger partial charge in [-0.25, -0.2) is 4.39 Å². The molecule has 0 aliphatic rings. The summed E-state index contributed by atoms with van der Waals surface area (Å²) in [5, 5.41) is 23.0. The number of nitrogens with one attached hydrogen (secondary N) is 1. The van der Waals surface area contributed by atoms with Gasteiger partial charge in [0.05, 0.1) is 27.2 Å². The fraction of sp³-hybridized carbons (Fsp3) is 0.0833. The summed E-state index contributed by atoms with van der Waals surface area (Å²) >= 11 is 9.42. The molecule has 178 valence electrons. The zero-order valence-electron chi connectivity index (χ0n) is 18.1. The highest BCUT2D eigenvalue weighted by Gasteiger charge is 2.17. The van der Waals surface area contributed by atoms with E-state index >= 15 is 0 Å². The second-order valence-corrected chi connectivity index (χ2v) is 8.26. The smallest absolute Gasteiger partial charge is 0.271 e. The number of rotatable bonds is 8. The summed E-state index contributed by atoms with van der Waals surface area (Å²) in [6.07, 6.45) is 1.32. The minimum atomic E-state index is -0.804. The van der Waals surface area contributed by atoms with E-state index in [2.05, 4.69) is 21.2 Å². The lowest BCUT2D eigenvalue weighted by Gasteiger charge is -2.14. The van der Waals surface area contributed by atoms with Gasteiger partial charge < -0.3 is 14.8 Å². The number of nitro groups is 1. The van der Waals surface area contributed by atoms with Gasteiger partial charge in [0.25, 0.3) is 11.6 Å². The monoisotopic (exact) mass is 559 g/mol. The number of halogens is 3. The maximum atomic E-state index is 13.1. The van der Waals surface area contributed by atoms with Crippen LogP contribution in [0.1, 0.15) is 11.1 Å². The van der Waals surface area contributed by atoms with E-state index in [-0.39, 0.29) is 34.4 Å². The summed E-state index contributed by atoms with van der Waals surface area (Å²) in [6.45, 7) is 0.153. The average molecular weight is 561 g/mol. The van der Waals surface area contributed by atoms with Crippen molar-refractivity contribution in [3.63, 3.8) is 0 Å². The molecule has 35 heavy (non-hydrogen) atoms. The minimum Gasteiger partial charge on any atom is -0.493 e. The Labute approximate surface area is 212 Å². The van der Waals surface area contributed by atoms with Crippen molar-refractivity contribution in [3.05, 3.63) is 96.7 Å². The molecule has 0 heterocycles. The quantitative estimate of drug-likeness (QED) is 0.150. The third kappa shape index (κ3) is 6.56. The first-order valence-electron chi connectivity index (χ1n) is 9.83. The molecule has 11 heteroatoms. The Hall–Kier alpha value is -3.94. The Morgan fingerprint density at radius 1 is 1.26 bits per heavy atom. The fourth-order valence-electron chi connectivity index (χ4n) is 2.93. The SMILES string of the molecule is COc1cc(/C=C(\C#N)C(=O)Nc2cc([N+](=O)[O-])ccc2Cl)cc(Br)c1OCc1ccc(F)cc1. The lowest BCUT2D eigenvalue weighted by molar-refractivity contribution is -0.384. The van der Waals surface area contributed by atoms with Crippen molar-refractivity contribution in [2.45, 2.75) is 6.61 Å². The summed E-state index contributed by atoms with van der Waals surface area (Å²) in [6, 6.07) is 14.4. The van der Waals surface area contributed by atoms with E-state index in [1.807, 2.05) is 0 Å². The molecule has 0 spiro atoms. The predicted molar refractivity (Wildman–Crippen MR) is 132 cm³/mol. The van der Waals surface area contributed by atoms with Gasteiger partial charge in [0.2, 0.25) is 0 Å². The molecule has 0 aliphatic heterocycles. The second kappa shape index (κ2) is 11.5. The Balaban J connectivity index is 1.84. The van der Waals surface area contributed by atoms with Crippen LogP contribution in [0.4, 0.5) is 15.8 Å².